The summed E-state index contributed by atoms with van der Waals surface area (Å²) in [5, 5.41) is 3.06. The van der Waals surface area contributed by atoms with Gasteiger partial charge in [-0.15, -0.1) is 0 Å². The van der Waals surface area contributed by atoms with E-state index >= 15 is 0 Å². The van der Waals surface area contributed by atoms with Crippen molar-refractivity contribution in [2.75, 3.05) is 5.32 Å². The number of aromatic nitrogens is 1. The van der Waals surface area contributed by atoms with Crippen LogP contribution in [-0.2, 0) is 6.54 Å². The molecule has 17 heavy (non-hydrogen) atoms. The van der Waals surface area contributed by atoms with Crippen LogP contribution in [0.5, 0.6) is 0 Å². The van der Waals surface area contributed by atoms with Crippen LogP contribution < -0.4 is 11.1 Å². The van der Waals surface area contributed by atoms with E-state index in [1.807, 2.05) is 0 Å². The summed E-state index contributed by atoms with van der Waals surface area (Å²) in [4.78, 5) is 13.8. The first-order valence-corrected chi connectivity index (χ1v) is 5.12. The molecule has 1 amide bonds. The number of hydrogen-bond acceptors (Lipinski definition) is 2. The van der Waals surface area contributed by atoms with E-state index in [1.54, 1.807) is 24.4 Å². The molecule has 88 valence electrons. The van der Waals surface area contributed by atoms with Gasteiger partial charge in [-0.25, -0.2) is 4.39 Å². The van der Waals surface area contributed by atoms with E-state index in [0.717, 1.165) is 5.56 Å². The molecule has 0 saturated carbocycles. The van der Waals surface area contributed by atoms with Crippen molar-refractivity contribution in [1.82, 2.24) is 4.98 Å². The molecule has 0 saturated heterocycles. The Morgan fingerprint density at radius 2 is 2.00 bits per heavy atom. The first-order chi connectivity index (χ1) is 8.16. The molecule has 0 unspecified atom stereocenters. The molecule has 0 atom stereocenters. The lowest BCUT2D eigenvalue weighted by molar-refractivity contribution is 0.0997. The van der Waals surface area contributed by atoms with Crippen molar-refractivity contribution < 1.29 is 9.18 Å². The standard InChI is InChI=1S/C12H12FN3O/c13-9-3-1-8(2-4-9)7-16-10-5-6-15-11(10)12(14)17/h1-6,15-16H,7H2,(H2,14,17). The third-order valence-corrected chi connectivity index (χ3v) is 2.39. The van der Waals surface area contributed by atoms with Crippen LogP contribution in [0.3, 0.4) is 0 Å². The van der Waals surface area contributed by atoms with Gasteiger partial charge in [-0.1, -0.05) is 12.1 Å². The molecular formula is C12H12FN3O. The van der Waals surface area contributed by atoms with Crippen molar-refractivity contribution in [3.8, 4) is 0 Å². The predicted molar refractivity (Wildman–Crippen MR) is 63.0 cm³/mol. The van der Waals surface area contributed by atoms with Gasteiger partial charge in [0.2, 0.25) is 0 Å². The van der Waals surface area contributed by atoms with Crippen LogP contribution in [0, 0.1) is 5.82 Å². The highest BCUT2D eigenvalue weighted by Gasteiger charge is 2.08. The number of benzene rings is 1. The zero-order valence-corrected chi connectivity index (χ0v) is 9.03. The van der Waals surface area contributed by atoms with Crippen LogP contribution in [-0.4, -0.2) is 10.9 Å². The van der Waals surface area contributed by atoms with Crippen LogP contribution in [0.4, 0.5) is 10.1 Å². The second-order valence-electron chi connectivity index (χ2n) is 3.61. The topological polar surface area (TPSA) is 70.9 Å². The lowest BCUT2D eigenvalue weighted by Gasteiger charge is -2.06. The molecule has 2 aromatic rings. The quantitative estimate of drug-likeness (QED) is 0.754. The van der Waals surface area contributed by atoms with Crippen molar-refractivity contribution in [2.24, 2.45) is 5.73 Å². The largest absolute Gasteiger partial charge is 0.379 e. The summed E-state index contributed by atoms with van der Waals surface area (Å²) in [6, 6.07) is 7.87. The molecule has 0 aliphatic rings. The number of nitrogens with one attached hydrogen (secondary N) is 2. The number of anilines is 1. The number of primary amides is 1. The molecule has 4 nitrogen and oxygen atoms in total. The summed E-state index contributed by atoms with van der Waals surface area (Å²) in [6.07, 6.45) is 1.63. The first-order valence-electron chi connectivity index (χ1n) is 5.12. The highest BCUT2D eigenvalue weighted by atomic mass is 19.1. The van der Waals surface area contributed by atoms with E-state index in [9.17, 15) is 9.18 Å². The maximum absolute atomic E-state index is 12.7. The van der Waals surface area contributed by atoms with Crippen molar-refractivity contribution in [1.29, 1.82) is 0 Å². The molecule has 5 heteroatoms. The smallest absolute Gasteiger partial charge is 0.267 e. The second kappa shape index (κ2) is 4.69. The summed E-state index contributed by atoms with van der Waals surface area (Å²) in [7, 11) is 0. The number of rotatable bonds is 4. The summed E-state index contributed by atoms with van der Waals surface area (Å²) >= 11 is 0. The van der Waals surface area contributed by atoms with E-state index in [0.29, 0.717) is 17.9 Å². The minimum atomic E-state index is -0.517. The van der Waals surface area contributed by atoms with Crippen LogP contribution in [0.1, 0.15) is 16.1 Å². The maximum atomic E-state index is 12.7. The number of aromatic amines is 1. The summed E-state index contributed by atoms with van der Waals surface area (Å²) in [5.41, 5.74) is 7.09. The SMILES string of the molecule is NC(=O)c1[nH]ccc1NCc1ccc(F)cc1. The fraction of sp³-hybridized carbons (Fsp3) is 0.0833. The van der Waals surface area contributed by atoms with Crippen LogP contribution in [0.2, 0.25) is 0 Å². The maximum Gasteiger partial charge on any atom is 0.267 e. The van der Waals surface area contributed by atoms with Gasteiger partial charge in [0.05, 0.1) is 5.69 Å². The van der Waals surface area contributed by atoms with E-state index in [2.05, 4.69) is 10.3 Å². The Kier molecular flexibility index (Phi) is 3.09. The summed E-state index contributed by atoms with van der Waals surface area (Å²) < 4.78 is 12.7. The molecule has 1 aromatic carbocycles. The van der Waals surface area contributed by atoms with E-state index in [-0.39, 0.29) is 5.82 Å². The molecule has 0 radical (unpaired) electrons. The minimum absolute atomic E-state index is 0.270. The molecular weight excluding hydrogens is 221 g/mol. The van der Waals surface area contributed by atoms with Crippen molar-refractivity contribution in [3.05, 3.63) is 53.6 Å². The molecule has 4 N–H and O–H groups in total. The van der Waals surface area contributed by atoms with Gasteiger partial charge in [-0.2, -0.15) is 0 Å². The summed E-state index contributed by atoms with van der Waals surface area (Å²) in [5.74, 6) is -0.787. The zero-order valence-electron chi connectivity index (χ0n) is 9.03. The van der Waals surface area contributed by atoms with Crippen molar-refractivity contribution in [3.63, 3.8) is 0 Å². The van der Waals surface area contributed by atoms with Gasteiger partial charge in [0.15, 0.2) is 0 Å². The van der Waals surface area contributed by atoms with Crippen LogP contribution in [0.15, 0.2) is 36.5 Å². The molecule has 1 aromatic heterocycles. The van der Waals surface area contributed by atoms with Gasteiger partial charge >= 0.3 is 0 Å². The average Bonchev–Trinajstić information content (AvgIpc) is 2.76. The van der Waals surface area contributed by atoms with Gasteiger partial charge in [0, 0.05) is 12.7 Å². The van der Waals surface area contributed by atoms with E-state index < -0.39 is 5.91 Å². The molecule has 0 aliphatic carbocycles. The average molecular weight is 233 g/mol. The van der Waals surface area contributed by atoms with Gasteiger partial charge in [0.25, 0.3) is 5.91 Å². The Labute approximate surface area is 97.6 Å². The monoisotopic (exact) mass is 233 g/mol. The third-order valence-electron chi connectivity index (χ3n) is 2.39. The molecule has 0 fully saturated rings. The van der Waals surface area contributed by atoms with Crippen LogP contribution in [0.25, 0.3) is 0 Å². The molecule has 2 rings (SSSR count). The van der Waals surface area contributed by atoms with Crippen molar-refractivity contribution in [2.45, 2.75) is 6.54 Å². The highest BCUT2D eigenvalue weighted by Crippen LogP contribution is 2.14. The fourth-order valence-corrected chi connectivity index (χ4v) is 1.52. The number of hydrogen-bond donors (Lipinski definition) is 3. The van der Waals surface area contributed by atoms with E-state index in [1.165, 1.54) is 12.1 Å². The number of nitrogens with two attached hydrogens (primary N) is 1. The van der Waals surface area contributed by atoms with Gasteiger partial charge in [-0.05, 0) is 23.8 Å². The molecule has 0 bridgehead atoms. The lowest BCUT2D eigenvalue weighted by atomic mass is 10.2. The van der Waals surface area contributed by atoms with E-state index in [4.69, 9.17) is 5.73 Å². The number of H-pyrrole nitrogens is 1. The Morgan fingerprint density at radius 3 is 2.65 bits per heavy atom. The summed E-state index contributed by atoms with van der Waals surface area (Å²) in [6.45, 7) is 0.498. The Balaban J connectivity index is 2.05. The normalized spacial score (nSPS) is 10.2. The Morgan fingerprint density at radius 1 is 1.29 bits per heavy atom. The number of amides is 1. The molecule has 1 heterocycles. The lowest BCUT2D eigenvalue weighted by Crippen LogP contribution is -2.14. The molecule has 0 spiro atoms. The number of halogens is 1. The number of carbonyl (C=O) groups excluding carboxylic acids is 1. The number of carbonyl (C=O) groups is 1. The third kappa shape index (κ3) is 2.63. The van der Waals surface area contributed by atoms with Gasteiger partial charge < -0.3 is 16.0 Å². The molecule has 0 aliphatic heterocycles. The Hall–Kier alpha value is -2.30. The van der Waals surface area contributed by atoms with Crippen molar-refractivity contribution >= 4 is 11.6 Å². The highest BCUT2D eigenvalue weighted by molar-refractivity contribution is 5.96. The van der Waals surface area contributed by atoms with Crippen LogP contribution >= 0.6 is 0 Å². The zero-order chi connectivity index (χ0) is 12.3. The Bertz CT molecular complexity index is 519. The second-order valence-corrected chi connectivity index (χ2v) is 3.61. The predicted octanol–water partition coefficient (Wildman–Crippen LogP) is 1.86. The minimum Gasteiger partial charge on any atom is -0.379 e. The fourth-order valence-electron chi connectivity index (χ4n) is 1.52. The van der Waals surface area contributed by atoms with Gasteiger partial charge in [0.1, 0.15) is 11.5 Å². The first kappa shape index (κ1) is 11.2. The van der Waals surface area contributed by atoms with Gasteiger partial charge in [-0.3, -0.25) is 4.79 Å².